The van der Waals surface area contributed by atoms with Crippen molar-refractivity contribution in [3.63, 3.8) is 0 Å². The summed E-state index contributed by atoms with van der Waals surface area (Å²) in [5.74, 6) is 1.59. The van der Waals surface area contributed by atoms with Gasteiger partial charge in [0.15, 0.2) is 5.69 Å². The number of aromatic nitrogens is 4. The second-order valence-corrected chi connectivity index (χ2v) is 7.78. The Morgan fingerprint density at radius 3 is 2.82 bits per heavy atom. The minimum Gasteiger partial charge on any atom is -0.361 e. The van der Waals surface area contributed by atoms with Crippen molar-refractivity contribution in [1.29, 1.82) is 0 Å². The molecule has 1 fully saturated rings. The first-order valence-corrected chi connectivity index (χ1v) is 9.45. The Morgan fingerprint density at radius 1 is 1.25 bits per heavy atom. The van der Waals surface area contributed by atoms with Crippen molar-refractivity contribution in [2.45, 2.75) is 25.8 Å². The summed E-state index contributed by atoms with van der Waals surface area (Å²) in [6.45, 7) is 3.60. The van der Waals surface area contributed by atoms with Gasteiger partial charge in [0.1, 0.15) is 11.6 Å². The summed E-state index contributed by atoms with van der Waals surface area (Å²) < 4.78 is 8.78. The lowest BCUT2D eigenvalue weighted by atomic mass is 9.83. The first-order valence-electron chi connectivity index (χ1n) is 9.45. The first kappa shape index (κ1) is 17.0. The number of carbonyl (C=O) groups excluding carboxylic acids is 1. The number of hydrogen-bond acceptors (Lipinski definition) is 5. The summed E-state index contributed by atoms with van der Waals surface area (Å²) in [5.41, 5.74) is 1.95. The molecule has 0 radical (unpaired) electrons. The lowest BCUT2D eigenvalue weighted by molar-refractivity contribution is 0.0584. The van der Waals surface area contributed by atoms with Crippen molar-refractivity contribution < 1.29 is 9.32 Å². The third-order valence-electron chi connectivity index (χ3n) is 5.80. The molecule has 0 aromatic carbocycles. The topological polar surface area (TPSA) is 86.2 Å². The molecule has 0 unspecified atom stereocenters. The van der Waals surface area contributed by atoms with E-state index in [1.165, 1.54) is 0 Å². The van der Waals surface area contributed by atoms with Gasteiger partial charge in [-0.05, 0) is 31.4 Å². The van der Waals surface area contributed by atoms with Gasteiger partial charge in [0.25, 0.3) is 11.5 Å². The maximum Gasteiger partial charge on any atom is 0.276 e. The second kappa shape index (κ2) is 6.19. The fourth-order valence-electron chi connectivity index (χ4n) is 4.54. The van der Waals surface area contributed by atoms with E-state index in [0.717, 1.165) is 12.1 Å². The molecular weight excluding hydrogens is 358 g/mol. The van der Waals surface area contributed by atoms with Crippen molar-refractivity contribution in [1.82, 2.24) is 24.2 Å². The van der Waals surface area contributed by atoms with Gasteiger partial charge in [0, 0.05) is 56.8 Å². The number of rotatable bonds is 2. The molecule has 2 aliphatic heterocycles. The van der Waals surface area contributed by atoms with Crippen LogP contribution in [0.3, 0.4) is 0 Å². The number of carbonyl (C=O) groups is 1. The van der Waals surface area contributed by atoms with E-state index in [9.17, 15) is 9.59 Å². The lowest BCUT2D eigenvalue weighted by Crippen LogP contribution is -2.49. The highest BCUT2D eigenvalue weighted by Gasteiger charge is 2.37. The Kier molecular flexibility index (Phi) is 3.75. The van der Waals surface area contributed by atoms with E-state index in [2.05, 4.69) is 10.1 Å². The van der Waals surface area contributed by atoms with Gasteiger partial charge in [0.05, 0.1) is 5.56 Å². The number of likely N-dealkylation sites (tertiary alicyclic amines) is 1. The van der Waals surface area contributed by atoms with E-state index < -0.39 is 0 Å². The van der Waals surface area contributed by atoms with Gasteiger partial charge in [-0.25, -0.2) is 4.98 Å². The molecule has 0 saturated carbocycles. The predicted molar refractivity (Wildman–Crippen MR) is 101 cm³/mol. The Morgan fingerprint density at radius 2 is 2.11 bits per heavy atom. The van der Waals surface area contributed by atoms with Gasteiger partial charge in [-0.1, -0.05) is 5.16 Å². The molecule has 144 valence electrons. The molecule has 8 heteroatoms. The molecule has 1 amide bonds. The summed E-state index contributed by atoms with van der Waals surface area (Å²) in [6, 6.07) is 5.55. The number of hydrogen-bond donors (Lipinski definition) is 0. The molecule has 8 nitrogen and oxygen atoms in total. The van der Waals surface area contributed by atoms with Crippen molar-refractivity contribution in [2.24, 2.45) is 13.0 Å². The van der Waals surface area contributed by atoms with E-state index in [-0.39, 0.29) is 23.3 Å². The molecule has 2 aliphatic rings. The highest BCUT2D eigenvalue weighted by Crippen LogP contribution is 2.36. The van der Waals surface area contributed by atoms with E-state index in [0.29, 0.717) is 42.5 Å². The van der Waals surface area contributed by atoms with Crippen molar-refractivity contribution >= 4 is 5.91 Å². The van der Waals surface area contributed by atoms with Crippen LogP contribution < -0.4 is 5.56 Å². The maximum atomic E-state index is 13.1. The van der Waals surface area contributed by atoms with Crippen LogP contribution in [0.25, 0.3) is 11.4 Å². The summed E-state index contributed by atoms with van der Waals surface area (Å²) in [6.07, 6.45) is 4.52. The standard InChI is InChI=1S/C20H21N5O3/c1-12-7-16(22-28-12)20(27)24-9-13-8-14(11-24)17-4-3-15(19(26)25(17)10-13)18-21-5-6-23(18)2/h3-7,13-14H,8-11H2,1-2H3/t13-,14+/m0/s1. The Bertz CT molecular complexity index is 1130. The zero-order valence-electron chi connectivity index (χ0n) is 15.8. The summed E-state index contributed by atoms with van der Waals surface area (Å²) >= 11 is 0. The van der Waals surface area contributed by atoms with Crippen molar-refractivity contribution in [3.05, 3.63) is 58.1 Å². The van der Waals surface area contributed by atoms with Crippen LogP contribution in [0.2, 0.25) is 0 Å². The van der Waals surface area contributed by atoms with Gasteiger partial charge in [0.2, 0.25) is 0 Å². The average Bonchev–Trinajstić information content (AvgIpc) is 3.30. The first-order chi connectivity index (χ1) is 13.5. The number of imidazole rings is 1. The maximum absolute atomic E-state index is 13.1. The van der Waals surface area contributed by atoms with Crippen LogP contribution >= 0.6 is 0 Å². The summed E-state index contributed by atoms with van der Waals surface area (Å²) in [5, 5.41) is 3.86. The molecule has 2 bridgehead atoms. The van der Waals surface area contributed by atoms with Crippen LogP contribution in [0, 0.1) is 12.8 Å². The van der Waals surface area contributed by atoms with E-state index in [4.69, 9.17) is 4.52 Å². The molecule has 0 spiro atoms. The third-order valence-corrected chi connectivity index (χ3v) is 5.80. The molecule has 5 heterocycles. The van der Waals surface area contributed by atoms with Gasteiger partial charge < -0.3 is 18.6 Å². The lowest BCUT2D eigenvalue weighted by Gasteiger charge is -2.42. The number of nitrogens with zero attached hydrogens (tertiary/aromatic N) is 5. The smallest absolute Gasteiger partial charge is 0.276 e. The van der Waals surface area contributed by atoms with Crippen LogP contribution in [0.5, 0.6) is 0 Å². The summed E-state index contributed by atoms with van der Waals surface area (Å²) in [4.78, 5) is 32.1. The largest absolute Gasteiger partial charge is 0.361 e. The van der Waals surface area contributed by atoms with E-state index >= 15 is 0 Å². The molecule has 28 heavy (non-hydrogen) atoms. The van der Waals surface area contributed by atoms with Crippen molar-refractivity contribution in [2.75, 3.05) is 13.1 Å². The second-order valence-electron chi connectivity index (χ2n) is 7.78. The van der Waals surface area contributed by atoms with Gasteiger partial charge in [-0.2, -0.15) is 0 Å². The molecule has 2 atom stereocenters. The van der Waals surface area contributed by atoms with Gasteiger partial charge >= 0.3 is 0 Å². The van der Waals surface area contributed by atoms with Gasteiger partial charge in [-0.3, -0.25) is 9.59 Å². The van der Waals surface area contributed by atoms with Crippen LogP contribution in [0.4, 0.5) is 0 Å². The number of fused-ring (bicyclic) bond motifs is 4. The number of aryl methyl sites for hydroxylation is 2. The normalized spacial score (nSPS) is 20.9. The number of amides is 1. The Labute approximate surface area is 161 Å². The molecule has 0 aliphatic carbocycles. The van der Waals surface area contributed by atoms with Crippen LogP contribution in [-0.4, -0.2) is 43.2 Å². The highest BCUT2D eigenvalue weighted by molar-refractivity contribution is 5.92. The van der Waals surface area contributed by atoms with Gasteiger partial charge in [-0.15, -0.1) is 0 Å². The molecule has 0 N–H and O–H groups in total. The fraction of sp³-hybridized carbons (Fsp3) is 0.400. The average molecular weight is 379 g/mol. The van der Waals surface area contributed by atoms with E-state index in [1.54, 1.807) is 19.2 Å². The predicted octanol–water partition coefficient (Wildman–Crippen LogP) is 1.80. The van der Waals surface area contributed by atoms with E-state index in [1.807, 2.05) is 39.4 Å². The molecular formula is C20H21N5O3. The zero-order valence-corrected chi connectivity index (χ0v) is 15.8. The quantitative estimate of drug-likeness (QED) is 0.678. The monoisotopic (exact) mass is 379 g/mol. The van der Waals surface area contributed by atoms with Crippen LogP contribution in [0.15, 0.2) is 39.9 Å². The number of pyridine rings is 1. The number of piperidine rings is 1. The van der Waals surface area contributed by atoms with Crippen LogP contribution in [-0.2, 0) is 13.6 Å². The Hall–Kier alpha value is -3.16. The zero-order chi connectivity index (χ0) is 19.4. The highest BCUT2D eigenvalue weighted by atomic mass is 16.5. The minimum atomic E-state index is -0.105. The molecule has 1 saturated heterocycles. The van der Waals surface area contributed by atoms with Crippen molar-refractivity contribution in [3.8, 4) is 11.4 Å². The minimum absolute atomic E-state index is 0.00611. The summed E-state index contributed by atoms with van der Waals surface area (Å²) in [7, 11) is 1.88. The van der Waals surface area contributed by atoms with Crippen LogP contribution in [0.1, 0.15) is 34.3 Å². The fourth-order valence-corrected chi connectivity index (χ4v) is 4.54. The molecule has 5 rings (SSSR count). The Balaban J connectivity index is 1.48. The third kappa shape index (κ3) is 2.59. The SMILES string of the molecule is Cc1cc(C(=O)N2C[C@@H]3C[C@H](C2)c2ccc(-c4nccn4C)c(=O)n2C3)no1. The molecule has 3 aromatic rings. The molecule has 3 aromatic heterocycles.